The molecule has 1 unspecified atom stereocenters. The van der Waals surface area contributed by atoms with Gasteiger partial charge in [-0.1, -0.05) is 64.8 Å². The minimum atomic E-state index is -0.984. The maximum atomic E-state index is 11.1. The summed E-state index contributed by atoms with van der Waals surface area (Å²) in [5, 5.41) is 16.3. The third-order valence-electron chi connectivity index (χ3n) is 4.22. The van der Waals surface area contributed by atoms with Gasteiger partial charge in [0.2, 0.25) is 0 Å². The third-order valence-corrected chi connectivity index (χ3v) is 4.77. The number of nitrogens with zero attached hydrogens (tertiary/aromatic N) is 2. The molecule has 1 N–H and O–H groups in total. The Morgan fingerprint density at radius 3 is 2.48 bits per heavy atom. The van der Waals surface area contributed by atoms with Crippen LogP contribution < -0.4 is 0 Å². The van der Waals surface area contributed by atoms with E-state index in [-0.39, 0.29) is 0 Å². The number of hydrogen-bond donors (Lipinski definition) is 1. The summed E-state index contributed by atoms with van der Waals surface area (Å²) in [6.07, 6.45) is 2.28. The first-order chi connectivity index (χ1) is 13.1. The molecule has 2 heterocycles. The molecule has 134 valence electrons. The topological polar surface area (TPSA) is 59.2 Å². The Kier molecular flexibility index (Phi) is 4.94. The summed E-state index contributed by atoms with van der Waals surface area (Å²) in [6.45, 7) is 0. The summed E-state index contributed by atoms with van der Waals surface area (Å²) in [5.41, 5.74) is 3.05. The van der Waals surface area contributed by atoms with Crippen LogP contribution in [0.2, 0.25) is 10.0 Å². The highest BCUT2D eigenvalue weighted by atomic mass is 35.5. The lowest BCUT2D eigenvalue weighted by Crippen LogP contribution is -2.02. The van der Waals surface area contributed by atoms with Gasteiger partial charge in [-0.05, 0) is 24.3 Å². The van der Waals surface area contributed by atoms with E-state index in [4.69, 9.17) is 27.7 Å². The normalized spacial score (nSPS) is 12.1. The van der Waals surface area contributed by atoms with Crippen molar-refractivity contribution in [3.63, 3.8) is 0 Å². The van der Waals surface area contributed by atoms with Gasteiger partial charge in [0.05, 0.1) is 10.6 Å². The van der Waals surface area contributed by atoms with Crippen LogP contribution in [0.25, 0.3) is 22.6 Å². The summed E-state index contributed by atoms with van der Waals surface area (Å²) in [4.78, 5) is 4.10. The largest absolute Gasteiger partial charge is 0.383 e. The van der Waals surface area contributed by atoms with Crippen molar-refractivity contribution < 1.29 is 9.63 Å². The Hall–Kier alpha value is -2.66. The molecule has 1 atom stereocenters. The van der Waals surface area contributed by atoms with E-state index in [0.29, 0.717) is 38.2 Å². The van der Waals surface area contributed by atoms with Gasteiger partial charge in [-0.25, -0.2) is 0 Å². The van der Waals surface area contributed by atoms with Gasteiger partial charge < -0.3 is 9.63 Å². The second-order valence-corrected chi connectivity index (χ2v) is 6.80. The molecule has 0 radical (unpaired) electrons. The number of hydrogen-bond acceptors (Lipinski definition) is 4. The fourth-order valence-corrected chi connectivity index (χ4v) is 3.43. The highest BCUT2D eigenvalue weighted by Crippen LogP contribution is 2.41. The van der Waals surface area contributed by atoms with Crippen LogP contribution in [0.15, 0.2) is 77.6 Å². The summed E-state index contributed by atoms with van der Waals surface area (Å²) in [5.74, 6) is 0.480. The number of benzene rings is 2. The molecule has 4 nitrogen and oxygen atoms in total. The molecule has 2 aromatic heterocycles. The van der Waals surface area contributed by atoms with E-state index < -0.39 is 6.10 Å². The summed E-state index contributed by atoms with van der Waals surface area (Å²) in [7, 11) is 0. The maximum absolute atomic E-state index is 11.1. The second kappa shape index (κ2) is 7.53. The molecule has 4 rings (SSSR count). The van der Waals surface area contributed by atoms with Crippen LogP contribution >= 0.6 is 23.2 Å². The van der Waals surface area contributed by atoms with Crippen molar-refractivity contribution in [2.75, 3.05) is 0 Å². The van der Waals surface area contributed by atoms with Gasteiger partial charge in [-0.3, -0.25) is 4.98 Å². The zero-order valence-electron chi connectivity index (χ0n) is 14.0. The molecule has 0 aliphatic carbocycles. The first-order valence-electron chi connectivity index (χ1n) is 8.23. The first kappa shape index (κ1) is 17.7. The molecular weight excluding hydrogens is 383 g/mol. The van der Waals surface area contributed by atoms with Gasteiger partial charge in [0.15, 0.2) is 5.76 Å². The highest BCUT2D eigenvalue weighted by Gasteiger charge is 2.27. The molecule has 4 aromatic rings. The fourth-order valence-electron chi connectivity index (χ4n) is 2.93. The smallest absolute Gasteiger partial charge is 0.173 e. The molecule has 0 saturated heterocycles. The number of aliphatic hydroxyl groups excluding tert-OH is 1. The Labute approximate surface area is 166 Å². The minimum Gasteiger partial charge on any atom is -0.383 e. The Morgan fingerprint density at radius 1 is 0.963 bits per heavy atom. The summed E-state index contributed by atoms with van der Waals surface area (Å²) >= 11 is 12.4. The zero-order chi connectivity index (χ0) is 18.8. The minimum absolute atomic E-state index is 0.426. The first-order valence-corrected chi connectivity index (χ1v) is 8.99. The average molecular weight is 397 g/mol. The van der Waals surface area contributed by atoms with E-state index >= 15 is 0 Å². The molecule has 0 spiro atoms. The van der Waals surface area contributed by atoms with Crippen LogP contribution in [0.4, 0.5) is 0 Å². The van der Waals surface area contributed by atoms with E-state index in [1.807, 2.05) is 30.3 Å². The number of aromatic nitrogens is 2. The maximum Gasteiger partial charge on any atom is 0.173 e. The van der Waals surface area contributed by atoms with Gasteiger partial charge in [-0.2, -0.15) is 0 Å². The quantitative estimate of drug-likeness (QED) is 0.473. The van der Waals surface area contributed by atoms with Crippen LogP contribution in [-0.2, 0) is 0 Å². The third kappa shape index (κ3) is 3.47. The average Bonchev–Trinajstić information content (AvgIpc) is 3.13. The lowest BCUT2D eigenvalue weighted by Gasteiger charge is -2.13. The van der Waals surface area contributed by atoms with Crippen LogP contribution in [-0.4, -0.2) is 15.2 Å². The Balaban J connectivity index is 1.93. The SMILES string of the molecule is OC(c1cccnc1)c1c(-c2ccc(Cl)cc2Cl)noc1-c1ccccc1. The molecule has 0 amide bonds. The molecule has 2 aromatic carbocycles. The fraction of sp³-hybridized carbons (Fsp3) is 0.0476. The van der Waals surface area contributed by atoms with Crippen molar-refractivity contribution in [1.29, 1.82) is 0 Å². The Bertz CT molecular complexity index is 1070. The monoisotopic (exact) mass is 396 g/mol. The van der Waals surface area contributed by atoms with Gasteiger partial charge in [-0.15, -0.1) is 0 Å². The zero-order valence-corrected chi connectivity index (χ0v) is 15.5. The molecule has 0 bridgehead atoms. The summed E-state index contributed by atoms with van der Waals surface area (Å²) in [6, 6.07) is 18.2. The molecule has 6 heteroatoms. The summed E-state index contributed by atoms with van der Waals surface area (Å²) < 4.78 is 5.64. The lowest BCUT2D eigenvalue weighted by molar-refractivity contribution is 0.220. The highest BCUT2D eigenvalue weighted by molar-refractivity contribution is 6.36. The predicted molar refractivity (Wildman–Crippen MR) is 106 cm³/mol. The van der Waals surface area contributed by atoms with Crippen molar-refractivity contribution in [2.45, 2.75) is 6.10 Å². The van der Waals surface area contributed by atoms with Crippen molar-refractivity contribution in [1.82, 2.24) is 10.1 Å². The van der Waals surface area contributed by atoms with E-state index in [1.165, 1.54) is 0 Å². The van der Waals surface area contributed by atoms with Crippen molar-refractivity contribution in [2.24, 2.45) is 0 Å². The number of aliphatic hydroxyl groups is 1. The van der Waals surface area contributed by atoms with Crippen LogP contribution in [0.5, 0.6) is 0 Å². The van der Waals surface area contributed by atoms with Crippen molar-refractivity contribution in [3.05, 3.63) is 94.2 Å². The van der Waals surface area contributed by atoms with Gasteiger partial charge >= 0.3 is 0 Å². The predicted octanol–water partition coefficient (Wildman–Crippen LogP) is 5.79. The number of halogens is 2. The lowest BCUT2D eigenvalue weighted by atomic mass is 9.95. The number of rotatable bonds is 4. The van der Waals surface area contributed by atoms with E-state index in [0.717, 1.165) is 5.56 Å². The Morgan fingerprint density at radius 2 is 1.78 bits per heavy atom. The molecule has 0 aliphatic rings. The van der Waals surface area contributed by atoms with Crippen LogP contribution in [0, 0.1) is 0 Å². The number of pyridine rings is 1. The van der Waals surface area contributed by atoms with Gasteiger partial charge in [0.25, 0.3) is 0 Å². The van der Waals surface area contributed by atoms with Gasteiger partial charge in [0, 0.05) is 34.1 Å². The van der Waals surface area contributed by atoms with E-state index in [9.17, 15) is 5.11 Å². The molecule has 27 heavy (non-hydrogen) atoms. The van der Waals surface area contributed by atoms with Gasteiger partial charge in [0.1, 0.15) is 11.8 Å². The molecule has 0 saturated carbocycles. The van der Waals surface area contributed by atoms with Crippen LogP contribution in [0.3, 0.4) is 0 Å². The van der Waals surface area contributed by atoms with Crippen molar-refractivity contribution in [3.8, 4) is 22.6 Å². The molecule has 0 fully saturated rings. The van der Waals surface area contributed by atoms with Crippen LogP contribution in [0.1, 0.15) is 17.2 Å². The second-order valence-electron chi connectivity index (χ2n) is 5.95. The van der Waals surface area contributed by atoms with E-state index in [2.05, 4.69) is 10.1 Å². The molecule has 0 aliphatic heterocycles. The standard InChI is InChI=1S/C21H14Cl2N2O2/c22-15-8-9-16(17(23)11-15)19-18(20(26)14-7-4-10-24-12-14)21(27-25-19)13-5-2-1-3-6-13/h1-12,20,26H. The van der Waals surface area contributed by atoms with Crippen molar-refractivity contribution >= 4 is 23.2 Å². The molecular formula is C21H14Cl2N2O2. The van der Waals surface area contributed by atoms with E-state index in [1.54, 1.807) is 42.7 Å².